The van der Waals surface area contributed by atoms with Gasteiger partial charge in [-0.15, -0.1) is 0 Å². The van der Waals surface area contributed by atoms with Crippen molar-refractivity contribution in [3.8, 4) is 11.5 Å². The van der Waals surface area contributed by atoms with Crippen LogP contribution in [0.25, 0.3) is 0 Å². The quantitative estimate of drug-likeness (QED) is 0.567. The molecule has 3 rings (SSSR count). The molecule has 2 atom stereocenters. The van der Waals surface area contributed by atoms with E-state index in [4.69, 9.17) is 25.8 Å². The largest absolute Gasteiger partial charge is 0.497 e. The zero-order valence-corrected chi connectivity index (χ0v) is 19.7. The second kappa shape index (κ2) is 10.1. The number of benzene rings is 2. The number of amides is 2. The number of sulfone groups is 1. The fourth-order valence-corrected chi connectivity index (χ4v) is 4.76. The zero-order chi connectivity index (χ0) is 24.2. The Morgan fingerprint density at radius 3 is 2.42 bits per heavy atom. The van der Waals surface area contributed by atoms with Crippen molar-refractivity contribution in [1.82, 2.24) is 10.6 Å². The van der Waals surface area contributed by atoms with Crippen LogP contribution < -0.4 is 20.1 Å². The van der Waals surface area contributed by atoms with Gasteiger partial charge in [0.05, 0.1) is 37.2 Å². The SMILES string of the molecule is CCOC(=O)[C@@H]1/C(=C\S(=O)(=O)c2ccc(Cl)cc2)NC(=O)N[C@H]1c1ccc(OC)cc1OC. The van der Waals surface area contributed by atoms with Gasteiger partial charge in [-0.1, -0.05) is 11.6 Å². The molecule has 33 heavy (non-hydrogen) atoms. The van der Waals surface area contributed by atoms with E-state index in [9.17, 15) is 18.0 Å². The molecule has 1 fully saturated rings. The number of urea groups is 1. The maximum absolute atomic E-state index is 13.0. The molecule has 0 saturated carbocycles. The predicted octanol–water partition coefficient (Wildman–Crippen LogP) is 3.21. The minimum absolute atomic E-state index is 0.0478. The van der Waals surface area contributed by atoms with Crippen LogP contribution in [-0.4, -0.2) is 41.2 Å². The van der Waals surface area contributed by atoms with Gasteiger partial charge in [0.1, 0.15) is 17.4 Å². The first-order chi connectivity index (χ1) is 15.7. The molecule has 0 radical (unpaired) electrons. The molecule has 1 saturated heterocycles. The lowest BCUT2D eigenvalue weighted by Gasteiger charge is -2.34. The number of halogens is 1. The molecule has 2 aromatic carbocycles. The topological polar surface area (TPSA) is 120 Å². The number of ether oxygens (including phenoxy) is 3. The van der Waals surface area contributed by atoms with Gasteiger partial charge in [-0.2, -0.15) is 0 Å². The van der Waals surface area contributed by atoms with Crippen molar-refractivity contribution in [2.24, 2.45) is 5.92 Å². The lowest BCUT2D eigenvalue weighted by molar-refractivity contribution is -0.147. The van der Waals surface area contributed by atoms with Crippen LogP contribution in [0.2, 0.25) is 5.02 Å². The van der Waals surface area contributed by atoms with Crippen molar-refractivity contribution in [1.29, 1.82) is 0 Å². The summed E-state index contributed by atoms with van der Waals surface area (Å²) < 4.78 is 41.9. The lowest BCUT2D eigenvalue weighted by atomic mass is 9.88. The Hall–Kier alpha value is -3.24. The van der Waals surface area contributed by atoms with Crippen LogP contribution in [0.4, 0.5) is 4.79 Å². The molecule has 176 valence electrons. The van der Waals surface area contributed by atoms with Gasteiger partial charge in [0.15, 0.2) is 0 Å². The van der Waals surface area contributed by atoms with Crippen LogP contribution in [0.1, 0.15) is 18.5 Å². The molecule has 11 heteroatoms. The van der Waals surface area contributed by atoms with Crippen LogP contribution >= 0.6 is 11.6 Å². The van der Waals surface area contributed by atoms with Crippen LogP contribution in [0, 0.1) is 5.92 Å². The minimum Gasteiger partial charge on any atom is -0.497 e. The normalized spacial score (nSPS) is 19.4. The summed E-state index contributed by atoms with van der Waals surface area (Å²) in [6.07, 6.45) is 0. The highest BCUT2D eigenvalue weighted by Gasteiger charge is 2.42. The third-order valence-electron chi connectivity index (χ3n) is 4.95. The van der Waals surface area contributed by atoms with E-state index in [-0.39, 0.29) is 17.2 Å². The summed E-state index contributed by atoms with van der Waals surface area (Å²) in [5, 5.41) is 6.34. The summed E-state index contributed by atoms with van der Waals surface area (Å²) in [6, 6.07) is 8.75. The number of hydrogen-bond donors (Lipinski definition) is 2. The van der Waals surface area contributed by atoms with Crippen molar-refractivity contribution in [2.45, 2.75) is 17.9 Å². The number of carbonyl (C=O) groups excluding carboxylic acids is 2. The Labute approximate surface area is 196 Å². The summed E-state index contributed by atoms with van der Waals surface area (Å²) >= 11 is 5.85. The average Bonchev–Trinajstić information content (AvgIpc) is 2.78. The van der Waals surface area contributed by atoms with Crippen LogP contribution in [-0.2, 0) is 19.4 Å². The molecule has 0 bridgehead atoms. The minimum atomic E-state index is -4.04. The van der Waals surface area contributed by atoms with Gasteiger partial charge in [-0.25, -0.2) is 13.2 Å². The summed E-state index contributed by atoms with van der Waals surface area (Å²) in [5.41, 5.74) is 0.316. The van der Waals surface area contributed by atoms with E-state index < -0.39 is 33.8 Å². The first-order valence-corrected chi connectivity index (χ1v) is 11.8. The highest BCUT2D eigenvalue weighted by Crippen LogP contribution is 2.38. The van der Waals surface area contributed by atoms with E-state index in [1.54, 1.807) is 25.1 Å². The average molecular weight is 495 g/mol. The Kier molecular flexibility index (Phi) is 7.50. The number of rotatable bonds is 7. The smallest absolute Gasteiger partial charge is 0.319 e. The van der Waals surface area contributed by atoms with Gasteiger partial charge in [0, 0.05) is 22.3 Å². The van der Waals surface area contributed by atoms with Gasteiger partial charge in [-0.3, -0.25) is 4.79 Å². The van der Waals surface area contributed by atoms with Crippen LogP contribution in [0.3, 0.4) is 0 Å². The molecule has 9 nitrogen and oxygen atoms in total. The Morgan fingerprint density at radius 2 is 1.82 bits per heavy atom. The molecule has 1 aliphatic rings. The van der Waals surface area contributed by atoms with Crippen molar-refractivity contribution in [3.63, 3.8) is 0 Å². The maximum atomic E-state index is 13.0. The lowest BCUT2D eigenvalue weighted by Crippen LogP contribution is -2.51. The molecular formula is C22H23ClN2O7S. The molecule has 0 spiro atoms. The molecule has 0 unspecified atom stereocenters. The Morgan fingerprint density at radius 1 is 1.12 bits per heavy atom. The molecular weight excluding hydrogens is 472 g/mol. The molecule has 0 aliphatic carbocycles. The fraction of sp³-hybridized carbons (Fsp3) is 0.273. The second-order valence-corrected chi connectivity index (χ2v) is 9.22. The standard InChI is InChI=1S/C22H23ClN2O7S/c1-4-32-21(26)19-17(12-33(28,29)15-8-5-13(23)6-9-15)24-22(27)25-20(19)16-10-7-14(30-2)11-18(16)31-3/h5-12,19-20H,4H2,1-3H3,(H2,24,25,27)/b17-12+/t19-,20+/m1/s1. The molecule has 1 aliphatic heterocycles. The van der Waals surface area contributed by atoms with Crippen molar-refractivity contribution < 1.29 is 32.2 Å². The third-order valence-corrected chi connectivity index (χ3v) is 6.70. The number of carbonyl (C=O) groups is 2. The number of nitrogens with one attached hydrogen (secondary N) is 2. The molecule has 1 heterocycles. The van der Waals surface area contributed by atoms with Gasteiger partial charge in [0.2, 0.25) is 9.84 Å². The molecule has 2 aromatic rings. The predicted molar refractivity (Wildman–Crippen MR) is 121 cm³/mol. The van der Waals surface area contributed by atoms with Gasteiger partial charge in [0.25, 0.3) is 0 Å². The zero-order valence-electron chi connectivity index (χ0n) is 18.1. The number of esters is 1. The summed E-state index contributed by atoms with van der Waals surface area (Å²) in [4.78, 5) is 25.4. The van der Waals surface area contributed by atoms with E-state index in [0.29, 0.717) is 22.1 Å². The van der Waals surface area contributed by atoms with Gasteiger partial charge in [-0.05, 0) is 43.3 Å². The summed E-state index contributed by atoms with van der Waals surface area (Å²) in [6.45, 7) is 1.69. The highest BCUT2D eigenvalue weighted by molar-refractivity contribution is 7.94. The van der Waals surface area contributed by atoms with Gasteiger partial charge >= 0.3 is 12.0 Å². The van der Waals surface area contributed by atoms with E-state index in [1.165, 1.54) is 38.5 Å². The number of methoxy groups -OCH3 is 2. The fourth-order valence-electron chi connectivity index (χ4n) is 3.44. The van der Waals surface area contributed by atoms with E-state index in [0.717, 1.165) is 5.41 Å². The third kappa shape index (κ3) is 5.40. The molecule has 2 amide bonds. The maximum Gasteiger partial charge on any atom is 0.319 e. The summed E-state index contributed by atoms with van der Waals surface area (Å²) in [5.74, 6) is -1.06. The van der Waals surface area contributed by atoms with Gasteiger partial charge < -0.3 is 24.8 Å². The first kappa shape index (κ1) is 24.4. The van der Waals surface area contributed by atoms with Crippen molar-refractivity contribution in [2.75, 3.05) is 20.8 Å². The monoisotopic (exact) mass is 494 g/mol. The van der Waals surface area contributed by atoms with E-state index in [2.05, 4.69) is 10.6 Å². The highest BCUT2D eigenvalue weighted by atomic mass is 35.5. The van der Waals surface area contributed by atoms with E-state index in [1.807, 2.05) is 0 Å². The molecule has 0 aromatic heterocycles. The van der Waals surface area contributed by atoms with E-state index >= 15 is 0 Å². The van der Waals surface area contributed by atoms with Crippen LogP contribution in [0.5, 0.6) is 11.5 Å². The van der Waals surface area contributed by atoms with Crippen LogP contribution in [0.15, 0.2) is 58.5 Å². The Balaban J connectivity index is 2.14. The summed E-state index contributed by atoms with van der Waals surface area (Å²) in [7, 11) is -1.11. The second-order valence-electron chi connectivity index (χ2n) is 6.99. The van der Waals surface area contributed by atoms with Crippen molar-refractivity contribution in [3.05, 3.63) is 64.2 Å². The number of hydrogen-bond acceptors (Lipinski definition) is 7. The first-order valence-electron chi connectivity index (χ1n) is 9.88. The molecule has 2 N–H and O–H groups in total. The van der Waals surface area contributed by atoms with Crippen molar-refractivity contribution >= 4 is 33.4 Å². The Bertz CT molecular complexity index is 1180.